The van der Waals surface area contributed by atoms with Crippen molar-refractivity contribution in [2.45, 2.75) is 19.6 Å². The van der Waals surface area contributed by atoms with Gasteiger partial charge in [-0.25, -0.2) is 13.8 Å². The van der Waals surface area contributed by atoms with Gasteiger partial charge in [0, 0.05) is 34.7 Å². The van der Waals surface area contributed by atoms with E-state index >= 15 is 0 Å². The highest BCUT2D eigenvalue weighted by Crippen LogP contribution is 2.28. The largest absolute Gasteiger partial charge is 1.00 e. The van der Waals surface area contributed by atoms with Gasteiger partial charge in [-0.3, -0.25) is 9.69 Å². The monoisotopic (exact) mass is 577 g/mol. The molecule has 2 heterocycles. The number of nitrogens with zero attached hydrogens (tertiary/aromatic N) is 2. The van der Waals surface area contributed by atoms with Crippen molar-refractivity contribution in [1.29, 1.82) is 0 Å². The van der Waals surface area contributed by atoms with E-state index in [0.717, 1.165) is 15.6 Å². The lowest BCUT2D eigenvalue weighted by Gasteiger charge is -2.14. The van der Waals surface area contributed by atoms with Gasteiger partial charge in [-0.15, -0.1) is 0 Å². The number of halogens is 3. The highest BCUT2D eigenvalue weighted by molar-refractivity contribution is 9.10. The number of carbonyl (C=O) groups excluding carboxylic acids is 2. The average Bonchev–Trinajstić information content (AvgIpc) is 3.15. The number of aromatic nitrogens is 1. The van der Waals surface area contributed by atoms with E-state index in [1.54, 1.807) is 12.1 Å². The Bertz CT molecular complexity index is 1140. The SMILES string of the molecule is CC(=O)NC[C@H]1CN(c2ccc(-c3cc[n+](Cc4ccc(Br)cc4)cc3)c(F)c2)C(=O)O1.[Br-]. The van der Waals surface area contributed by atoms with Crippen LogP contribution in [0.1, 0.15) is 12.5 Å². The van der Waals surface area contributed by atoms with E-state index in [0.29, 0.717) is 17.8 Å². The molecule has 6 nitrogen and oxygen atoms in total. The predicted octanol–water partition coefficient (Wildman–Crippen LogP) is 1.06. The molecule has 4 rings (SSSR count). The zero-order valence-electron chi connectivity index (χ0n) is 17.8. The summed E-state index contributed by atoms with van der Waals surface area (Å²) < 4.78 is 23.2. The van der Waals surface area contributed by atoms with E-state index < -0.39 is 18.0 Å². The van der Waals surface area contributed by atoms with Crippen LogP contribution in [0.2, 0.25) is 0 Å². The molecule has 0 radical (unpaired) electrons. The van der Waals surface area contributed by atoms with E-state index in [2.05, 4.69) is 21.2 Å². The summed E-state index contributed by atoms with van der Waals surface area (Å²) in [5, 5.41) is 2.62. The molecule has 1 aromatic heterocycles. The maximum Gasteiger partial charge on any atom is 0.414 e. The van der Waals surface area contributed by atoms with Gasteiger partial charge in [0.1, 0.15) is 11.9 Å². The number of rotatable bonds is 6. The predicted molar refractivity (Wildman–Crippen MR) is 122 cm³/mol. The summed E-state index contributed by atoms with van der Waals surface area (Å²) in [7, 11) is 0. The fraction of sp³-hybridized carbons (Fsp3) is 0.208. The summed E-state index contributed by atoms with van der Waals surface area (Å²) in [6.45, 7) is 2.59. The molecule has 2 aromatic carbocycles. The van der Waals surface area contributed by atoms with E-state index in [4.69, 9.17) is 4.74 Å². The quantitative estimate of drug-likeness (QED) is 0.445. The van der Waals surface area contributed by atoms with Gasteiger partial charge in [0.25, 0.3) is 0 Å². The first-order valence-electron chi connectivity index (χ1n) is 10.1. The molecule has 0 aliphatic carbocycles. The lowest BCUT2D eigenvalue weighted by atomic mass is 10.1. The Hall–Kier alpha value is -2.78. The highest BCUT2D eigenvalue weighted by atomic mass is 79.9. The minimum atomic E-state index is -0.554. The van der Waals surface area contributed by atoms with Crippen molar-refractivity contribution in [1.82, 2.24) is 5.32 Å². The number of benzene rings is 2. The van der Waals surface area contributed by atoms with E-state index in [-0.39, 0.29) is 36.0 Å². The number of cyclic esters (lactones) is 1. The third-order valence-corrected chi connectivity index (χ3v) is 5.73. The maximum atomic E-state index is 14.9. The minimum absolute atomic E-state index is 0. The Balaban J connectivity index is 0.00000306. The Morgan fingerprint density at radius 3 is 2.52 bits per heavy atom. The van der Waals surface area contributed by atoms with Gasteiger partial charge in [-0.2, -0.15) is 0 Å². The zero-order chi connectivity index (χ0) is 22.7. The van der Waals surface area contributed by atoms with Crippen LogP contribution < -0.4 is 31.8 Å². The molecule has 3 aromatic rings. The van der Waals surface area contributed by atoms with E-state index in [1.807, 2.05) is 53.4 Å². The first-order valence-corrected chi connectivity index (χ1v) is 10.9. The molecule has 0 unspecified atom stereocenters. The lowest BCUT2D eigenvalue weighted by Crippen LogP contribution is -3.00. The van der Waals surface area contributed by atoms with E-state index in [1.165, 1.54) is 17.9 Å². The Kier molecular flexibility index (Phi) is 8.20. The van der Waals surface area contributed by atoms with Crippen LogP contribution in [-0.2, 0) is 16.1 Å². The molecule has 33 heavy (non-hydrogen) atoms. The van der Waals surface area contributed by atoms with Gasteiger partial charge in [0.15, 0.2) is 18.9 Å². The smallest absolute Gasteiger partial charge is 0.414 e. The fourth-order valence-corrected chi connectivity index (χ4v) is 3.81. The van der Waals surface area contributed by atoms with Crippen molar-refractivity contribution >= 4 is 33.6 Å². The second kappa shape index (κ2) is 10.9. The molecule has 1 aliphatic rings. The normalized spacial score (nSPS) is 15.1. The molecule has 1 N–H and O–H groups in total. The molecule has 0 bridgehead atoms. The Morgan fingerprint density at radius 2 is 1.88 bits per heavy atom. The molecule has 172 valence electrons. The fourth-order valence-electron chi connectivity index (χ4n) is 3.55. The van der Waals surface area contributed by atoms with Gasteiger partial charge in [0.05, 0.1) is 18.8 Å². The summed E-state index contributed by atoms with van der Waals surface area (Å²) in [5.41, 5.74) is 2.78. The van der Waals surface area contributed by atoms with Gasteiger partial charge < -0.3 is 27.0 Å². The van der Waals surface area contributed by atoms with Gasteiger partial charge in [-0.1, -0.05) is 28.1 Å². The van der Waals surface area contributed by atoms with Crippen LogP contribution in [0.4, 0.5) is 14.9 Å². The van der Waals surface area contributed by atoms with Gasteiger partial charge in [0.2, 0.25) is 5.91 Å². The summed E-state index contributed by atoms with van der Waals surface area (Å²) >= 11 is 3.43. The average molecular weight is 579 g/mol. The number of nitrogens with one attached hydrogen (secondary N) is 1. The number of pyridine rings is 1. The van der Waals surface area contributed by atoms with Crippen LogP contribution in [0.15, 0.2) is 71.5 Å². The van der Waals surface area contributed by atoms with Crippen LogP contribution in [0, 0.1) is 5.82 Å². The molecule has 1 saturated heterocycles. The Labute approximate surface area is 210 Å². The molecule has 9 heteroatoms. The molecular weight excluding hydrogens is 557 g/mol. The second-order valence-electron chi connectivity index (χ2n) is 7.60. The van der Waals surface area contributed by atoms with Crippen molar-refractivity contribution in [3.8, 4) is 11.1 Å². The number of ether oxygens (including phenoxy) is 1. The molecule has 2 amide bonds. The number of amides is 2. The first kappa shape index (κ1) is 24.9. The number of anilines is 1. The number of hydrogen-bond donors (Lipinski definition) is 1. The lowest BCUT2D eigenvalue weighted by molar-refractivity contribution is -0.688. The van der Waals surface area contributed by atoms with Crippen LogP contribution in [0.25, 0.3) is 11.1 Å². The summed E-state index contributed by atoms with van der Waals surface area (Å²) in [6.07, 6.45) is 2.80. The summed E-state index contributed by atoms with van der Waals surface area (Å²) in [5.74, 6) is -0.623. The standard InChI is InChI=1S/C24H21BrFN3O3.BrH/c1-16(30)27-13-21-15-29(24(31)32-21)20-6-7-22(23(26)12-20)18-8-10-28(11-9-18)14-17-2-4-19(25)5-3-17;/h2-12,21H,13-15H2,1H3;1H/t21-;/m0./s1. The second-order valence-corrected chi connectivity index (χ2v) is 8.52. The molecule has 0 spiro atoms. The minimum Gasteiger partial charge on any atom is -1.00 e. The van der Waals surface area contributed by atoms with Gasteiger partial charge >= 0.3 is 6.09 Å². The van der Waals surface area contributed by atoms with Crippen molar-refractivity contribution in [2.75, 3.05) is 18.0 Å². The van der Waals surface area contributed by atoms with Crippen molar-refractivity contribution in [3.63, 3.8) is 0 Å². The topological polar surface area (TPSA) is 62.5 Å². The number of hydrogen-bond acceptors (Lipinski definition) is 3. The Morgan fingerprint density at radius 1 is 1.18 bits per heavy atom. The molecule has 0 saturated carbocycles. The number of carbonyl (C=O) groups is 2. The molecule has 1 fully saturated rings. The van der Waals surface area contributed by atoms with Gasteiger partial charge in [-0.05, 0) is 35.9 Å². The van der Waals surface area contributed by atoms with Crippen LogP contribution in [-0.4, -0.2) is 31.2 Å². The van der Waals surface area contributed by atoms with Crippen LogP contribution >= 0.6 is 15.9 Å². The summed E-state index contributed by atoms with van der Waals surface area (Å²) in [4.78, 5) is 24.6. The van der Waals surface area contributed by atoms with Crippen LogP contribution in [0.5, 0.6) is 0 Å². The third kappa shape index (κ3) is 6.17. The molecular formula is C24H22Br2FN3O3. The molecule has 1 aliphatic heterocycles. The van der Waals surface area contributed by atoms with E-state index in [9.17, 15) is 14.0 Å². The highest BCUT2D eigenvalue weighted by Gasteiger charge is 2.32. The first-order chi connectivity index (χ1) is 15.4. The molecule has 1 atom stereocenters. The third-order valence-electron chi connectivity index (χ3n) is 5.20. The van der Waals surface area contributed by atoms with Crippen molar-refractivity contribution < 1.29 is 40.3 Å². The maximum absolute atomic E-state index is 14.9. The van der Waals surface area contributed by atoms with Crippen LogP contribution in [0.3, 0.4) is 0 Å². The zero-order valence-corrected chi connectivity index (χ0v) is 21.0. The van der Waals surface area contributed by atoms with Crippen molar-refractivity contribution in [2.24, 2.45) is 0 Å². The summed E-state index contributed by atoms with van der Waals surface area (Å²) in [6, 6.07) is 16.5. The van der Waals surface area contributed by atoms with Crippen molar-refractivity contribution in [3.05, 3.63) is 82.8 Å².